The molecule has 0 spiro atoms. The van der Waals surface area contributed by atoms with Gasteiger partial charge in [0, 0.05) is 30.4 Å². The fraction of sp³-hybridized carbons (Fsp3) is 0.588. The number of aryl methyl sites for hydroxylation is 1. The Balaban J connectivity index is 2.92. The second-order valence-corrected chi connectivity index (χ2v) is 5.55. The van der Waals surface area contributed by atoms with Crippen molar-refractivity contribution >= 4 is 11.6 Å². The summed E-state index contributed by atoms with van der Waals surface area (Å²) in [6, 6.07) is 6.24. The fourth-order valence-electron chi connectivity index (χ4n) is 2.27. The van der Waals surface area contributed by atoms with Gasteiger partial charge in [0.25, 0.3) is 5.91 Å². The molecule has 0 bridgehead atoms. The van der Waals surface area contributed by atoms with Crippen LogP contribution in [0.1, 0.15) is 56.5 Å². The highest BCUT2D eigenvalue weighted by atomic mass is 16.2. The average molecular weight is 276 g/mol. The van der Waals surface area contributed by atoms with Crippen LogP contribution in [-0.4, -0.2) is 29.9 Å². The van der Waals surface area contributed by atoms with Gasteiger partial charge in [0.05, 0.1) is 0 Å². The number of benzene rings is 1. The lowest BCUT2D eigenvalue weighted by atomic mass is 10.1. The molecule has 0 radical (unpaired) electrons. The zero-order valence-corrected chi connectivity index (χ0v) is 13.5. The molecule has 0 aliphatic rings. The smallest absolute Gasteiger partial charge is 0.254 e. The first-order valence-corrected chi connectivity index (χ1v) is 7.66. The largest absolute Gasteiger partial charge is 0.385 e. The average Bonchev–Trinajstić information content (AvgIpc) is 2.41. The number of nitrogens with zero attached hydrogens (tertiary/aromatic N) is 1. The molecule has 0 saturated heterocycles. The number of carbonyl (C=O) groups excluding carboxylic acids is 1. The van der Waals surface area contributed by atoms with Gasteiger partial charge in [-0.2, -0.15) is 0 Å². The Bertz CT molecular complexity index is 441. The zero-order chi connectivity index (χ0) is 15.1. The predicted molar refractivity (Wildman–Crippen MR) is 86.4 cm³/mol. The Kier molecular flexibility index (Phi) is 6.56. The van der Waals surface area contributed by atoms with Gasteiger partial charge in [0.15, 0.2) is 0 Å². The van der Waals surface area contributed by atoms with Crippen molar-refractivity contribution in [3.63, 3.8) is 0 Å². The molecule has 1 amide bonds. The molecule has 0 saturated carbocycles. The summed E-state index contributed by atoms with van der Waals surface area (Å²) in [6.45, 7) is 12.2. The second kappa shape index (κ2) is 7.93. The molecule has 0 heterocycles. The van der Waals surface area contributed by atoms with E-state index in [0.717, 1.165) is 42.7 Å². The number of hydrogen-bond acceptors (Lipinski definition) is 2. The minimum atomic E-state index is 0.140. The molecule has 20 heavy (non-hydrogen) atoms. The van der Waals surface area contributed by atoms with E-state index in [1.54, 1.807) is 0 Å². The highest BCUT2D eigenvalue weighted by molar-refractivity contribution is 5.96. The lowest BCUT2D eigenvalue weighted by Gasteiger charge is -2.27. The van der Waals surface area contributed by atoms with Gasteiger partial charge in [0.2, 0.25) is 0 Å². The molecular formula is C17H28N2O. The Morgan fingerprint density at radius 2 is 1.95 bits per heavy atom. The van der Waals surface area contributed by atoms with Gasteiger partial charge in [-0.3, -0.25) is 4.79 Å². The lowest BCUT2D eigenvalue weighted by Crippen LogP contribution is -2.37. The molecule has 0 aliphatic heterocycles. The van der Waals surface area contributed by atoms with Gasteiger partial charge >= 0.3 is 0 Å². The predicted octanol–water partition coefficient (Wildman–Crippen LogP) is 4.08. The number of amides is 1. The minimum absolute atomic E-state index is 0.140. The highest BCUT2D eigenvalue weighted by Crippen LogP contribution is 2.18. The monoisotopic (exact) mass is 276 g/mol. The Hall–Kier alpha value is -1.51. The van der Waals surface area contributed by atoms with Crippen molar-refractivity contribution in [1.82, 2.24) is 4.90 Å². The molecule has 0 unspecified atom stereocenters. The summed E-state index contributed by atoms with van der Waals surface area (Å²) in [6.07, 6.45) is 2.08. The molecule has 3 heteroatoms. The topological polar surface area (TPSA) is 32.3 Å². The van der Waals surface area contributed by atoms with E-state index < -0.39 is 0 Å². The van der Waals surface area contributed by atoms with Crippen LogP contribution in [0.2, 0.25) is 0 Å². The van der Waals surface area contributed by atoms with Crippen LogP contribution < -0.4 is 5.32 Å². The van der Waals surface area contributed by atoms with E-state index in [-0.39, 0.29) is 11.9 Å². The van der Waals surface area contributed by atoms with Crippen LogP contribution in [-0.2, 0) is 0 Å². The van der Waals surface area contributed by atoms with Crippen molar-refractivity contribution in [3.05, 3.63) is 29.3 Å². The Labute approximate surface area is 123 Å². The van der Waals surface area contributed by atoms with Crippen LogP contribution in [0.4, 0.5) is 5.69 Å². The maximum Gasteiger partial charge on any atom is 0.254 e. The van der Waals surface area contributed by atoms with Crippen LogP contribution in [0.25, 0.3) is 0 Å². The summed E-state index contributed by atoms with van der Waals surface area (Å²) in [4.78, 5) is 14.6. The normalized spacial score (nSPS) is 10.7. The summed E-state index contributed by atoms with van der Waals surface area (Å²) < 4.78 is 0. The van der Waals surface area contributed by atoms with Gasteiger partial charge in [-0.15, -0.1) is 0 Å². The molecular weight excluding hydrogens is 248 g/mol. The van der Waals surface area contributed by atoms with E-state index >= 15 is 0 Å². The maximum atomic E-state index is 12.6. The molecule has 3 nitrogen and oxygen atoms in total. The van der Waals surface area contributed by atoms with Crippen LogP contribution in [0, 0.1) is 6.92 Å². The summed E-state index contributed by atoms with van der Waals surface area (Å²) in [5.41, 5.74) is 2.94. The number of hydrogen-bond donors (Lipinski definition) is 1. The van der Waals surface area contributed by atoms with E-state index in [9.17, 15) is 4.79 Å². The molecule has 0 atom stereocenters. The van der Waals surface area contributed by atoms with Crippen molar-refractivity contribution in [3.8, 4) is 0 Å². The quantitative estimate of drug-likeness (QED) is 0.814. The third-order valence-corrected chi connectivity index (χ3v) is 3.38. The summed E-state index contributed by atoms with van der Waals surface area (Å²) in [5.74, 6) is 0.140. The van der Waals surface area contributed by atoms with E-state index in [4.69, 9.17) is 0 Å². The van der Waals surface area contributed by atoms with E-state index in [1.807, 2.05) is 24.0 Å². The zero-order valence-electron chi connectivity index (χ0n) is 13.5. The lowest BCUT2D eigenvalue weighted by molar-refractivity contribution is 0.0705. The molecule has 0 fully saturated rings. The van der Waals surface area contributed by atoms with E-state index in [2.05, 4.69) is 39.1 Å². The van der Waals surface area contributed by atoms with Gasteiger partial charge in [-0.05, 0) is 57.4 Å². The van der Waals surface area contributed by atoms with Crippen molar-refractivity contribution in [2.24, 2.45) is 0 Å². The molecule has 112 valence electrons. The molecule has 1 aromatic carbocycles. The maximum absolute atomic E-state index is 12.6. The van der Waals surface area contributed by atoms with E-state index in [0.29, 0.717) is 0 Å². The van der Waals surface area contributed by atoms with Crippen molar-refractivity contribution < 1.29 is 4.79 Å². The van der Waals surface area contributed by atoms with E-state index in [1.165, 1.54) is 0 Å². The third kappa shape index (κ3) is 4.26. The molecule has 0 aromatic heterocycles. The third-order valence-electron chi connectivity index (χ3n) is 3.38. The van der Waals surface area contributed by atoms with Crippen LogP contribution in [0.5, 0.6) is 0 Å². The van der Waals surface area contributed by atoms with Gasteiger partial charge in [-0.25, -0.2) is 0 Å². The Morgan fingerprint density at radius 1 is 1.25 bits per heavy atom. The number of nitrogens with one attached hydrogen (secondary N) is 1. The number of rotatable bonds is 7. The first kappa shape index (κ1) is 16.5. The van der Waals surface area contributed by atoms with Crippen molar-refractivity contribution in [1.29, 1.82) is 0 Å². The van der Waals surface area contributed by atoms with Crippen LogP contribution in [0.3, 0.4) is 0 Å². The number of anilines is 1. The molecule has 1 aromatic rings. The SMILES string of the molecule is CCCNc1ccc(C(=O)N(CCC)C(C)C)c(C)c1. The first-order chi connectivity index (χ1) is 9.51. The number of carbonyl (C=O) groups is 1. The molecule has 1 rings (SSSR count). The fourth-order valence-corrected chi connectivity index (χ4v) is 2.27. The van der Waals surface area contributed by atoms with Gasteiger partial charge in [0.1, 0.15) is 0 Å². The highest BCUT2D eigenvalue weighted by Gasteiger charge is 2.19. The van der Waals surface area contributed by atoms with Crippen LogP contribution >= 0.6 is 0 Å². The summed E-state index contributed by atoms with van der Waals surface area (Å²) in [7, 11) is 0. The Morgan fingerprint density at radius 3 is 2.45 bits per heavy atom. The standard InChI is InChI=1S/C17H28N2O/c1-6-10-18-15-8-9-16(14(5)12-15)17(20)19(11-7-2)13(3)4/h8-9,12-13,18H,6-7,10-11H2,1-5H3. The van der Waals surface area contributed by atoms with Crippen molar-refractivity contribution in [2.75, 3.05) is 18.4 Å². The summed E-state index contributed by atoms with van der Waals surface area (Å²) in [5, 5.41) is 3.35. The van der Waals surface area contributed by atoms with Gasteiger partial charge < -0.3 is 10.2 Å². The van der Waals surface area contributed by atoms with Crippen LogP contribution in [0.15, 0.2) is 18.2 Å². The second-order valence-electron chi connectivity index (χ2n) is 5.55. The van der Waals surface area contributed by atoms with Gasteiger partial charge in [-0.1, -0.05) is 13.8 Å². The first-order valence-electron chi connectivity index (χ1n) is 7.66. The van der Waals surface area contributed by atoms with Crippen molar-refractivity contribution in [2.45, 2.75) is 53.5 Å². The summed E-state index contributed by atoms with van der Waals surface area (Å²) >= 11 is 0. The molecule has 1 N–H and O–H groups in total. The molecule has 0 aliphatic carbocycles. The minimum Gasteiger partial charge on any atom is -0.385 e.